The summed E-state index contributed by atoms with van der Waals surface area (Å²) in [6, 6.07) is 0. The topological polar surface area (TPSA) is 37.4 Å². The minimum atomic E-state index is -0.0142. The summed E-state index contributed by atoms with van der Waals surface area (Å²) in [7, 11) is 1.55. The Bertz CT molecular complexity index is 217. The summed E-state index contributed by atoms with van der Waals surface area (Å²) in [6.45, 7) is 4.22. The third-order valence-electron chi connectivity index (χ3n) is 3.34. The Hall–Kier alpha value is -0.860. The highest BCUT2D eigenvalue weighted by Gasteiger charge is 2.34. The van der Waals surface area contributed by atoms with Crippen molar-refractivity contribution >= 4 is 12.3 Å². The Kier molecular flexibility index (Phi) is 3.67. The lowest BCUT2D eigenvalue weighted by Gasteiger charge is -2.34. The summed E-state index contributed by atoms with van der Waals surface area (Å²) in [5.74, 6) is 0.848. The Balaban J connectivity index is 2.72. The first kappa shape index (κ1) is 11.2. The Morgan fingerprint density at radius 3 is 2.21 bits per heavy atom. The van der Waals surface area contributed by atoms with Crippen LogP contribution in [-0.2, 0) is 9.59 Å². The van der Waals surface area contributed by atoms with Gasteiger partial charge in [0.1, 0.15) is 0 Å². The van der Waals surface area contributed by atoms with Gasteiger partial charge in [-0.1, -0.05) is 20.3 Å². The standard InChI is InChI=1S/C11H19NO2/c1-8-5-4-6-9(2)10(8)11(14)12(3)7-13/h7-10H,4-6H2,1-3H3/t8-,9+,10?. The van der Waals surface area contributed by atoms with Gasteiger partial charge < -0.3 is 0 Å². The quantitative estimate of drug-likeness (QED) is 0.631. The van der Waals surface area contributed by atoms with Gasteiger partial charge in [-0.25, -0.2) is 0 Å². The lowest BCUT2D eigenvalue weighted by Crippen LogP contribution is -2.40. The second-order valence-electron chi connectivity index (χ2n) is 4.47. The van der Waals surface area contributed by atoms with Crippen molar-refractivity contribution in [2.45, 2.75) is 33.1 Å². The second kappa shape index (κ2) is 4.58. The van der Waals surface area contributed by atoms with Crippen molar-refractivity contribution in [2.24, 2.45) is 17.8 Å². The third kappa shape index (κ3) is 2.14. The molecular weight excluding hydrogens is 178 g/mol. The maximum absolute atomic E-state index is 11.8. The van der Waals surface area contributed by atoms with Crippen molar-refractivity contribution in [3.8, 4) is 0 Å². The van der Waals surface area contributed by atoms with E-state index in [4.69, 9.17) is 0 Å². The Morgan fingerprint density at radius 2 is 1.79 bits per heavy atom. The monoisotopic (exact) mass is 197 g/mol. The Labute approximate surface area is 85.5 Å². The predicted molar refractivity (Wildman–Crippen MR) is 54.5 cm³/mol. The van der Waals surface area contributed by atoms with Crippen LogP contribution in [0.4, 0.5) is 0 Å². The minimum Gasteiger partial charge on any atom is -0.288 e. The van der Waals surface area contributed by atoms with Gasteiger partial charge in [-0.15, -0.1) is 0 Å². The van der Waals surface area contributed by atoms with Gasteiger partial charge in [0.05, 0.1) is 0 Å². The molecule has 3 atom stereocenters. The Morgan fingerprint density at radius 1 is 1.29 bits per heavy atom. The summed E-state index contributed by atoms with van der Waals surface area (Å²) >= 11 is 0. The van der Waals surface area contributed by atoms with E-state index in [0.717, 1.165) is 12.8 Å². The average molecular weight is 197 g/mol. The number of carbonyl (C=O) groups is 2. The van der Waals surface area contributed by atoms with Crippen LogP contribution in [0.2, 0.25) is 0 Å². The van der Waals surface area contributed by atoms with Crippen LogP contribution in [0, 0.1) is 17.8 Å². The van der Waals surface area contributed by atoms with Crippen LogP contribution < -0.4 is 0 Å². The molecule has 0 aromatic heterocycles. The van der Waals surface area contributed by atoms with Crippen molar-refractivity contribution in [3.05, 3.63) is 0 Å². The number of carbonyl (C=O) groups excluding carboxylic acids is 2. The number of amides is 2. The molecule has 0 aliphatic heterocycles. The molecule has 0 N–H and O–H groups in total. The van der Waals surface area contributed by atoms with Crippen molar-refractivity contribution in [2.75, 3.05) is 7.05 Å². The van der Waals surface area contributed by atoms with E-state index < -0.39 is 0 Å². The van der Waals surface area contributed by atoms with Gasteiger partial charge in [0, 0.05) is 13.0 Å². The molecule has 1 aliphatic rings. The zero-order valence-electron chi connectivity index (χ0n) is 9.19. The molecule has 0 heterocycles. The van der Waals surface area contributed by atoms with E-state index in [1.165, 1.54) is 11.3 Å². The number of imide groups is 1. The molecule has 3 heteroatoms. The lowest BCUT2D eigenvalue weighted by molar-refractivity contribution is -0.143. The fourth-order valence-electron chi connectivity index (χ4n) is 2.46. The zero-order valence-corrected chi connectivity index (χ0v) is 9.19. The van der Waals surface area contributed by atoms with Crippen LogP contribution in [0.5, 0.6) is 0 Å². The summed E-state index contributed by atoms with van der Waals surface area (Å²) in [6.07, 6.45) is 4.02. The molecule has 1 aliphatic carbocycles. The van der Waals surface area contributed by atoms with Crippen LogP contribution in [0.3, 0.4) is 0 Å². The molecule has 3 nitrogen and oxygen atoms in total. The van der Waals surface area contributed by atoms with E-state index in [9.17, 15) is 9.59 Å². The molecule has 2 amide bonds. The smallest absolute Gasteiger partial charge is 0.232 e. The van der Waals surface area contributed by atoms with Crippen LogP contribution in [0.15, 0.2) is 0 Å². The van der Waals surface area contributed by atoms with Crippen LogP contribution >= 0.6 is 0 Å². The predicted octanol–water partition coefficient (Wildman–Crippen LogP) is 1.67. The van der Waals surface area contributed by atoms with Crippen LogP contribution in [0.1, 0.15) is 33.1 Å². The summed E-state index contributed by atoms with van der Waals surface area (Å²) < 4.78 is 0. The van der Waals surface area contributed by atoms with Gasteiger partial charge in [-0.3, -0.25) is 14.5 Å². The molecule has 1 saturated carbocycles. The van der Waals surface area contributed by atoms with Gasteiger partial charge in [-0.2, -0.15) is 0 Å². The third-order valence-corrected chi connectivity index (χ3v) is 3.34. The molecule has 0 radical (unpaired) electrons. The summed E-state index contributed by atoms with van der Waals surface area (Å²) in [5.41, 5.74) is 0. The molecule has 80 valence electrons. The van der Waals surface area contributed by atoms with Gasteiger partial charge >= 0.3 is 0 Å². The summed E-state index contributed by atoms with van der Waals surface area (Å²) in [4.78, 5) is 23.5. The fourth-order valence-corrected chi connectivity index (χ4v) is 2.46. The first-order valence-electron chi connectivity index (χ1n) is 5.30. The van der Waals surface area contributed by atoms with Gasteiger partial charge in [0.2, 0.25) is 12.3 Å². The summed E-state index contributed by atoms with van der Waals surface area (Å²) in [5, 5.41) is 0. The fraction of sp³-hybridized carbons (Fsp3) is 0.818. The molecule has 1 unspecified atom stereocenters. The maximum atomic E-state index is 11.8. The highest BCUT2D eigenvalue weighted by atomic mass is 16.2. The van der Waals surface area contributed by atoms with Crippen molar-refractivity contribution < 1.29 is 9.59 Å². The first-order chi connectivity index (χ1) is 6.57. The average Bonchev–Trinajstić information content (AvgIpc) is 2.16. The van der Waals surface area contributed by atoms with E-state index in [0.29, 0.717) is 18.2 Å². The second-order valence-corrected chi connectivity index (χ2v) is 4.47. The molecule has 0 aromatic rings. The molecule has 0 bridgehead atoms. The molecule has 1 fully saturated rings. The highest BCUT2D eigenvalue weighted by Crippen LogP contribution is 2.35. The van der Waals surface area contributed by atoms with Crippen molar-refractivity contribution in [3.63, 3.8) is 0 Å². The number of nitrogens with zero attached hydrogens (tertiary/aromatic N) is 1. The van der Waals surface area contributed by atoms with E-state index in [1.807, 2.05) is 0 Å². The zero-order chi connectivity index (χ0) is 10.7. The van der Waals surface area contributed by atoms with Crippen molar-refractivity contribution in [1.82, 2.24) is 4.90 Å². The van der Waals surface area contributed by atoms with Gasteiger partial charge in [0.15, 0.2) is 0 Å². The largest absolute Gasteiger partial charge is 0.288 e. The SMILES string of the molecule is C[C@@H]1CCC[C@H](C)C1C(=O)N(C)C=O. The molecule has 14 heavy (non-hydrogen) atoms. The van der Waals surface area contributed by atoms with Gasteiger partial charge in [0.25, 0.3) is 0 Å². The number of hydrogen-bond acceptors (Lipinski definition) is 2. The van der Waals surface area contributed by atoms with E-state index >= 15 is 0 Å². The molecule has 0 aromatic carbocycles. The van der Waals surface area contributed by atoms with Gasteiger partial charge in [-0.05, 0) is 24.7 Å². The number of rotatable bonds is 2. The lowest BCUT2D eigenvalue weighted by atomic mass is 9.73. The normalized spacial score (nSPS) is 32.4. The van der Waals surface area contributed by atoms with E-state index in [1.54, 1.807) is 7.05 Å². The first-order valence-corrected chi connectivity index (χ1v) is 5.30. The molecular formula is C11H19NO2. The highest BCUT2D eigenvalue weighted by molar-refractivity contribution is 5.87. The maximum Gasteiger partial charge on any atom is 0.232 e. The number of hydrogen-bond donors (Lipinski definition) is 0. The molecule has 0 saturated heterocycles. The van der Waals surface area contributed by atoms with Crippen LogP contribution in [0.25, 0.3) is 0 Å². The van der Waals surface area contributed by atoms with E-state index in [-0.39, 0.29) is 11.8 Å². The molecule has 1 rings (SSSR count). The minimum absolute atomic E-state index is 0.0142. The van der Waals surface area contributed by atoms with Crippen LogP contribution in [-0.4, -0.2) is 24.3 Å². The van der Waals surface area contributed by atoms with Crippen molar-refractivity contribution in [1.29, 1.82) is 0 Å². The van der Waals surface area contributed by atoms with E-state index in [2.05, 4.69) is 13.8 Å². The molecule has 0 spiro atoms.